The SMILES string of the molecule is CCCCCCn1c(=O)c(C(=O)N/N=C/c2ccc(O)c(OC)c2)c(O)c2ccccc21. The Morgan fingerprint density at radius 3 is 2.69 bits per heavy atom. The maximum Gasteiger partial charge on any atom is 0.280 e. The number of pyridine rings is 1. The standard InChI is InChI=1S/C24H27N3O5/c1-3-4-5-8-13-27-18-10-7-6-9-17(18)22(29)21(24(27)31)23(30)26-25-15-16-11-12-19(28)20(14-16)32-2/h6-7,9-12,14-15,28-29H,3-5,8,13H2,1-2H3,(H,26,30)/b25-15+. The van der Waals surface area contributed by atoms with E-state index in [4.69, 9.17) is 4.74 Å². The normalized spacial score (nSPS) is 11.2. The molecule has 8 nitrogen and oxygen atoms in total. The van der Waals surface area contributed by atoms with E-state index in [1.807, 2.05) is 0 Å². The minimum atomic E-state index is -0.803. The Balaban J connectivity index is 1.90. The van der Waals surface area contributed by atoms with Crippen molar-refractivity contribution >= 4 is 23.0 Å². The number of aromatic hydroxyl groups is 2. The van der Waals surface area contributed by atoms with Crippen LogP contribution in [-0.4, -0.2) is 34.0 Å². The third-order valence-electron chi connectivity index (χ3n) is 5.19. The number of unbranched alkanes of at least 4 members (excludes halogenated alkanes) is 3. The summed E-state index contributed by atoms with van der Waals surface area (Å²) < 4.78 is 6.58. The molecule has 3 rings (SSSR count). The minimum Gasteiger partial charge on any atom is -0.506 e. The van der Waals surface area contributed by atoms with Crippen LogP contribution in [0.5, 0.6) is 17.2 Å². The lowest BCUT2D eigenvalue weighted by Gasteiger charge is -2.14. The van der Waals surface area contributed by atoms with E-state index in [2.05, 4.69) is 17.5 Å². The maximum absolute atomic E-state index is 13.1. The van der Waals surface area contributed by atoms with Gasteiger partial charge in [-0.2, -0.15) is 5.10 Å². The van der Waals surface area contributed by atoms with Crippen molar-refractivity contribution in [2.45, 2.75) is 39.2 Å². The Labute approximate surface area is 185 Å². The van der Waals surface area contributed by atoms with Crippen LogP contribution in [0.15, 0.2) is 52.4 Å². The van der Waals surface area contributed by atoms with Crippen molar-refractivity contribution < 1.29 is 19.7 Å². The fourth-order valence-electron chi connectivity index (χ4n) is 3.51. The summed E-state index contributed by atoms with van der Waals surface area (Å²) in [7, 11) is 1.42. The van der Waals surface area contributed by atoms with Crippen LogP contribution < -0.4 is 15.7 Å². The zero-order chi connectivity index (χ0) is 23.1. The Kier molecular flexibility index (Phi) is 7.49. The van der Waals surface area contributed by atoms with Crippen molar-refractivity contribution in [2.24, 2.45) is 5.10 Å². The van der Waals surface area contributed by atoms with E-state index < -0.39 is 11.5 Å². The Morgan fingerprint density at radius 1 is 1.16 bits per heavy atom. The smallest absolute Gasteiger partial charge is 0.280 e. The van der Waals surface area contributed by atoms with Crippen LogP contribution in [-0.2, 0) is 6.54 Å². The number of phenolic OH excluding ortho intramolecular Hbond substituents is 1. The van der Waals surface area contributed by atoms with E-state index in [1.165, 1.54) is 24.0 Å². The van der Waals surface area contributed by atoms with Gasteiger partial charge in [0.05, 0.1) is 18.8 Å². The van der Waals surface area contributed by atoms with Crippen LogP contribution in [0.3, 0.4) is 0 Å². The van der Waals surface area contributed by atoms with Crippen molar-refractivity contribution in [2.75, 3.05) is 7.11 Å². The fraction of sp³-hybridized carbons (Fsp3) is 0.292. The Morgan fingerprint density at radius 2 is 1.94 bits per heavy atom. The third kappa shape index (κ3) is 4.91. The lowest BCUT2D eigenvalue weighted by atomic mass is 10.1. The average Bonchev–Trinajstić information content (AvgIpc) is 2.79. The van der Waals surface area contributed by atoms with E-state index in [1.54, 1.807) is 36.4 Å². The van der Waals surface area contributed by atoms with Crippen molar-refractivity contribution in [1.29, 1.82) is 0 Å². The van der Waals surface area contributed by atoms with Gasteiger partial charge >= 0.3 is 0 Å². The van der Waals surface area contributed by atoms with Gasteiger partial charge in [-0.25, -0.2) is 5.43 Å². The number of benzene rings is 2. The molecule has 3 N–H and O–H groups in total. The first kappa shape index (κ1) is 22.9. The van der Waals surface area contributed by atoms with Gasteiger partial charge in [0.2, 0.25) is 0 Å². The first-order valence-electron chi connectivity index (χ1n) is 10.5. The summed E-state index contributed by atoms with van der Waals surface area (Å²) in [6, 6.07) is 11.5. The summed E-state index contributed by atoms with van der Waals surface area (Å²) in [5.41, 5.74) is 2.55. The number of ether oxygens (including phenoxy) is 1. The first-order chi connectivity index (χ1) is 15.5. The largest absolute Gasteiger partial charge is 0.506 e. The van der Waals surface area contributed by atoms with E-state index in [-0.39, 0.29) is 22.8 Å². The summed E-state index contributed by atoms with van der Waals surface area (Å²) >= 11 is 0. The van der Waals surface area contributed by atoms with E-state index in [0.29, 0.717) is 23.0 Å². The fourth-order valence-corrected chi connectivity index (χ4v) is 3.51. The number of rotatable bonds is 9. The molecule has 0 saturated carbocycles. The summed E-state index contributed by atoms with van der Waals surface area (Å²) in [5.74, 6) is -0.926. The molecule has 0 aliphatic carbocycles. The summed E-state index contributed by atoms with van der Waals surface area (Å²) in [6.07, 6.45) is 5.25. The second-order valence-electron chi connectivity index (χ2n) is 7.39. The zero-order valence-electron chi connectivity index (χ0n) is 18.2. The van der Waals surface area contributed by atoms with Crippen LogP contribution in [0.1, 0.15) is 48.5 Å². The molecule has 8 heteroatoms. The van der Waals surface area contributed by atoms with Gasteiger partial charge in [-0.1, -0.05) is 38.3 Å². The van der Waals surface area contributed by atoms with E-state index in [0.717, 1.165) is 25.7 Å². The van der Waals surface area contributed by atoms with Crippen LogP contribution in [0, 0.1) is 0 Å². The molecule has 168 valence electrons. The molecule has 0 saturated heterocycles. The second-order valence-corrected chi connectivity index (χ2v) is 7.39. The second kappa shape index (κ2) is 10.5. The number of hydrogen-bond acceptors (Lipinski definition) is 6. The molecule has 32 heavy (non-hydrogen) atoms. The molecule has 0 aliphatic rings. The number of nitrogens with zero attached hydrogens (tertiary/aromatic N) is 2. The molecule has 0 bridgehead atoms. The highest BCUT2D eigenvalue weighted by Crippen LogP contribution is 2.27. The van der Waals surface area contributed by atoms with Gasteiger partial charge in [-0.15, -0.1) is 0 Å². The van der Waals surface area contributed by atoms with Crippen LogP contribution in [0.4, 0.5) is 0 Å². The number of fused-ring (bicyclic) bond motifs is 1. The number of para-hydroxylation sites is 1. The highest BCUT2D eigenvalue weighted by Gasteiger charge is 2.21. The number of aryl methyl sites for hydroxylation is 1. The monoisotopic (exact) mass is 437 g/mol. The van der Waals surface area contributed by atoms with Gasteiger partial charge in [0.1, 0.15) is 11.3 Å². The van der Waals surface area contributed by atoms with Crippen LogP contribution in [0.25, 0.3) is 10.9 Å². The third-order valence-corrected chi connectivity index (χ3v) is 5.19. The average molecular weight is 437 g/mol. The Bertz CT molecular complexity index is 1200. The van der Waals surface area contributed by atoms with Crippen molar-refractivity contribution in [3.05, 3.63) is 63.9 Å². The number of carbonyl (C=O) groups excluding carboxylic acids is 1. The predicted octanol–water partition coefficient (Wildman–Crippen LogP) is 3.77. The number of hydrazone groups is 1. The van der Waals surface area contributed by atoms with Gasteiger partial charge in [0.25, 0.3) is 11.5 Å². The molecule has 1 aromatic heterocycles. The number of carbonyl (C=O) groups is 1. The number of phenols is 1. The van der Waals surface area contributed by atoms with Gasteiger partial charge < -0.3 is 19.5 Å². The Hall–Kier alpha value is -3.81. The molecule has 0 atom stereocenters. The molecule has 0 spiro atoms. The van der Waals surface area contributed by atoms with E-state index in [9.17, 15) is 19.8 Å². The molecule has 3 aromatic rings. The lowest BCUT2D eigenvalue weighted by Crippen LogP contribution is -2.31. The lowest BCUT2D eigenvalue weighted by molar-refractivity contribution is 0.0950. The number of hydrogen-bond donors (Lipinski definition) is 3. The highest BCUT2D eigenvalue weighted by molar-refractivity contribution is 6.02. The van der Waals surface area contributed by atoms with Gasteiger partial charge in [0, 0.05) is 11.9 Å². The molecule has 0 unspecified atom stereocenters. The van der Waals surface area contributed by atoms with Gasteiger partial charge in [0.15, 0.2) is 11.5 Å². The van der Waals surface area contributed by atoms with Crippen LogP contribution >= 0.6 is 0 Å². The molecule has 2 aromatic carbocycles. The summed E-state index contributed by atoms with van der Waals surface area (Å²) in [6.45, 7) is 2.57. The zero-order valence-corrected chi connectivity index (χ0v) is 18.2. The minimum absolute atomic E-state index is 0.0192. The van der Waals surface area contributed by atoms with Crippen molar-refractivity contribution in [3.63, 3.8) is 0 Å². The number of nitrogens with one attached hydrogen (secondary N) is 1. The number of methoxy groups -OCH3 is 1. The van der Waals surface area contributed by atoms with Crippen molar-refractivity contribution in [3.8, 4) is 17.2 Å². The predicted molar refractivity (Wildman–Crippen MR) is 124 cm³/mol. The topological polar surface area (TPSA) is 113 Å². The molecular weight excluding hydrogens is 410 g/mol. The molecule has 1 amide bonds. The maximum atomic E-state index is 13.1. The van der Waals surface area contributed by atoms with E-state index >= 15 is 0 Å². The number of aromatic nitrogens is 1. The van der Waals surface area contributed by atoms with Gasteiger partial charge in [-0.05, 0) is 42.3 Å². The molecule has 0 fully saturated rings. The molecule has 0 aliphatic heterocycles. The number of amides is 1. The molecule has 0 radical (unpaired) electrons. The summed E-state index contributed by atoms with van der Waals surface area (Å²) in [5, 5.41) is 24.6. The highest BCUT2D eigenvalue weighted by atomic mass is 16.5. The summed E-state index contributed by atoms with van der Waals surface area (Å²) in [4.78, 5) is 25.9. The quantitative estimate of drug-likeness (QED) is 0.268. The van der Waals surface area contributed by atoms with Crippen molar-refractivity contribution in [1.82, 2.24) is 9.99 Å². The molecule has 1 heterocycles. The first-order valence-corrected chi connectivity index (χ1v) is 10.5. The van der Waals surface area contributed by atoms with Gasteiger partial charge in [-0.3, -0.25) is 9.59 Å². The van der Waals surface area contributed by atoms with Crippen LogP contribution in [0.2, 0.25) is 0 Å². The molecular formula is C24H27N3O5.